The number of amides is 1. The number of nitrogens with one attached hydrogen (secondary N) is 1. The Morgan fingerprint density at radius 2 is 1.76 bits per heavy atom. The van der Waals surface area contributed by atoms with Crippen LogP contribution in [0.1, 0.15) is 34.3 Å². The number of hydrogen-bond acceptors (Lipinski definition) is 4. The number of carbonyl (C=O) groups is 1. The van der Waals surface area contributed by atoms with Crippen molar-refractivity contribution in [1.82, 2.24) is 9.72 Å². The van der Waals surface area contributed by atoms with E-state index in [1.165, 1.54) is 10.9 Å². The Kier molecular flexibility index (Phi) is 5.34. The Labute approximate surface area is 191 Å². The summed E-state index contributed by atoms with van der Waals surface area (Å²) in [7, 11) is 0. The van der Waals surface area contributed by atoms with Crippen LogP contribution >= 0.6 is 0 Å². The van der Waals surface area contributed by atoms with Crippen LogP contribution in [0.2, 0.25) is 0 Å². The summed E-state index contributed by atoms with van der Waals surface area (Å²) in [6.07, 6.45) is 0. The predicted octanol–water partition coefficient (Wildman–Crippen LogP) is 6.25. The lowest BCUT2D eigenvalue weighted by Gasteiger charge is -2.09. The Morgan fingerprint density at radius 1 is 1.00 bits per heavy atom. The van der Waals surface area contributed by atoms with Gasteiger partial charge >= 0.3 is 0 Å². The lowest BCUT2D eigenvalue weighted by Crippen LogP contribution is -2.11. The normalized spacial score (nSPS) is 11.2. The van der Waals surface area contributed by atoms with Crippen LogP contribution in [0.4, 0.5) is 5.69 Å². The molecule has 0 atom stereocenters. The molecule has 6 heteroatoms. The third kappa shape index (κ3) is 3.84. The molecular weight excluding hydrogens is 414 g/mol. The highest BCUT2D eigenvalue weighted by Gasteiger charge is 2.13. The van der Waals surface area contributed by atoms with Crippen LogP contribution in [0.3, 0.4) is 0 Å². The molecule has 5 rings (SSSR count). The summed E-state index contributed by atoms with van der Waals surface area (Å²) in [4.78, 5) is 12.8. The van der Waals surface area contributed by atoms with Crippen molar-refractivity contribution in [1.29, 1.82) is 0 Å². The topological polar surface area (TPSA) is 69.3 Å². The SMILES string of the molecule is CCn1c2ccccc2c2cc(NC(=O)c3ccc(OCc4c(C)noc4C)cc3)ccc21. The van der Waals surface area contributed by atoms with Gasteiger partial charge in [-0.15, -0.1) is 0 Å². The number of hydrogen-bond donors (Lipinski definition) is 1. The molecule has 0 aliphatic carbocycles. The number of aryl methyl sites for hydroxylation is 3. The van der Waals surface area contributed by atoms with Crippen LogP contribution in [-0.4, -0.2) is 15.6 Å². The average molecular weight is 440 g/mol. The Morgan fingerprint density at radius 3 is 2.48 bits per heavy atom. The summed E-state index contributed by atoms with van der Waals surface area (Å²) in [6.45, 7) is 7.16. The first-order valence-corrected chi connectivity index (χ1v) is 11.0. The molecule has 0 radical (unpaired) electrons. The third-order valence-electron chi connectivity index (χ3n) is 6.03. The molecular formula is C27H25N3O3. The van der Waals surface area contributed by atoms with Gasteiger partial charge in [-0.25, -0.2) is 0 Å². The number of nitrogens with zero attached hydrogens (tertiary/aromatic N) is 2. The van der Waals surface area contributed by atoms with Crippen molar-refractivity contribution >= 4 is 33.4 Å². The van der Waals surface area contributed by atoms with E-state index in [1.807, 2.05) is 32.0 Å². The van der Waals surface area contributed by atoms with Gasteiger partial charge in [0.15, 0.2) is 0 Å². The van der Waals surface area contributed by atoms with Crippen molar-refractivity contribution in [2.75, 3.05) is 5.32 Å². The molecule has 0 saturated carbocycles. The standard InChI is InChI=1S/C27H25N3O3/c1-4-30-25-8-6-5-7-22(25)23-15-20(11-14-26(23)30)28-27(31)19-9-12-21(13-10-19)32-16-24-17(2)29-33-18(24)3/h5-15H,4,16H2,1-3H3,(H,28,31). The Bertz CT molecular complexity index is 1440. The van der Waals surface area contributed by atoms with E-state index in [1.54, 1.807) is 24.3 Å². The minimum absolute atomic E-state index is 0.161. The van der Waals surface area contributed by atoms with Gasteiger partial charge in [-0.1, -0.05) is 23.4 Å². The second-order valence-electron chi connectivity index (χ2n) is 8.06. The molecule has 5 aromatic rings. The maximum Gasteiger partial charge on any atom is 0.255 e. The lowest BCUT2D eigenvalue weighted by molar-refractivity contribution is 0.102. The smallest absolute Gasteiger partial charge is 0.255 e. The summed E-state index contributed by atoms with van der Waals surface area (Å²) in [5, 5.41) is 9.28. The summed E-state index contributed by atoms with van der Waals surface area (Å²) in [5.74, 6) is 1.27. The second-order valence-corrected chi connectivity index (χ2v) is 8.06. The second kappa shape index (κ2) is 8.47. The first-order valence-electron chi connectivity index (χ1n) is 11.0. The minimum atomic E-state index is -0.161. The zero-order chi connectivity index (χ0) is 22.9. The molecule has 1 amide bonds. The van der Waals surface area contributed by atoms with Crippen LogP contribution in [-0.2, 0) is 13.2 Å². The highest BCUT2D eigenvalue weighted by atomic mass is 16.5. The number of rotatable bonds is 6. The predicted molar refractivity (Wildman–Crippen MR) is 130 cm³/mol. The van der Waals surface area contributed by atoms with Gasteiger partial charge in [0, 0.05) is 39.6 Å². The fraction of sp³-hybridized carbons (Fsp3) is 0.185. The quantitative estimate of drug-likeness (QED) is 0.339. The molecule has 0 saturated heterocycles. The molecule has 166 valence electrons. The summed E-state index contributed by atoms with van der Waals surface area (Å²) >= 11 is 0. The molecule has 6 nitrogen and oxygen atoms in total. The van der Waals surface area contributed by atoms with E-state index in [0.717, 1.165) is 40.2 Å². The summed E-state index contributed by atoms with van der Waals surface area (Å²) < 4.78 is 13.3. The highest BCUT2D eigenvalue weighted by Crippen LogP contribution is 2.31. The number of para-hydroxylation sites is 1. The van der Waals surface area contributed by atoms with Gasteiger partial charge in [0.1, 0.15) is 18.1 Å². The lowest BCUT2D eigenvalue weighted by atomic mass is 10.1. The molecule has 0 spiro atoms. The largest absolute Gasteiger partial charge is 0.489 e. The van der Waals surface area contributed by atoms with Gasteiger partial charge in [0.25, 0.3) is 5.91 Å². The van der Waals surface area contributed by atoms with Crippen LogP contribution in [0.5, 0.6) is 5.75 Å². The Hall–Kier alpha value is -4.06. The van der Waals surface area contributed by atoms with Gasteiger partial charge in [-0.05, 0) is 69.3 Å². The number of aromatic nitrogens is 2. The maximum atomic E-state index is 12.8. The van der Waals surface area contributed by atoms with Crippen molar-refractivity contribution in [3.63, 3.8) is 0 Å². The monoisotopic (exact) mass is 439 g/mol. The van der Waals surface area contributed by atoms with Crippen LogP contribution in [0, 0.1) is 13.8 Å². The first-order chi connectivity index (χ1) is 16.0. The molecule has 0 bridgehead atoms. The van der Waals surface area contributed by atoms with E-state index in [2.05, 4.69) is 46.2 Å². The number of carbonyl (C=O) groups excluding carboxylic acids is 1. The van der Waals surface area contributed by atoms with E-state index in [0.29, 0.717) is 17.9 Å². The maximum absolute atomic E-state index is 12.8. The van der Waals surface area contributed by atoms with Gasteiger partial charge in [-0.3, -0.25) is 4.79 Å². The number of ether oxygens (including phenoxy) is 1. The average Bonchev–Trinajstić information content (AvgIpc) is 3.33. The van der Waals surface area contributed by atoms with E-state index >= 15 is 0 Å². The van der Waals surface area contributed by atoms with Crippen molar-refractivity contribution in [2.45, 2.75) is 33.9 Å². The molecule has 3 aromatic carbocycles. The van der Waals surface area contributed by atoms with Crippen molar-refractivity contribution in [3.05, 3.63) is 89.3 Å². The number of benzene rings is 3. The first kappa shape index (κ1) is 20.8. The molecule has 0 fully saturated rings. The van der Waals surface area contributed by atoms with E-state index in [-0.39, 0.29) is 5.91 Å². The molecule has 0 aliphatic rings. The van der Waals surface area contributed by atoms with Crippen LogP contribution in [0.25, 0.3) is 21.8 Å². The molecule has 2 heterocycles. The number of anilines is 1. The van der Waals surface area contributed by atoms with Crippen LogP contribution in [0.15, 0.2) is 71.3 Å². The van der Waals surface area contributed by atoms with Gasteiger partial charge in [0.2, 0.25) is 0 Å². The zero-order valence-electron chi connectivity index (χ0n) is 18.9. The van der Waals surface area contributed by atoms with E-state index < -0.39 is 0 Å². The van der Waals surface area contributed by atoms with Gasteiger partial charge < -0.3 is 19.1 Å². The van der Waals surface area contributed by atoms with E-state index in [9.17, 15) is 4.79 Å². The van der Waals surface area contributed by atoms with Gasteiger partial charge in [0.05, 0.1) is 11.3 Å². The summed E-state index contributed by atoms with van der Waals surface area (Å²) in [5.41, 5.74) is 5.46. The molecule has 0 aliphatic heterocycles. The van der Waals surface area contributed by atoms with Crippen LogP contribution < -0.4 is 10.1 Å². The molecule has 0 unspecified atom stereocenters. The zero-order valence-corrected chi connectivity index (χ0v) is 18.9. The third-order valence-corrected chi connectivity index (χ3v) is 6.03. The van der Waals surface area contributed by atoms with Crippen molar-refractivity contribution in [3.8, 4) is 5.75 Å². The highest BCUT2D eigenvalue weighted by molar-refractivity contribution is 6.11. The van der Waals surface area contributed by atoms with E-state index in [4.69, 9.17) is 9.26 Å². The molecule has 1 N–H and O–H groups in total. The molecule has 2 aromatic heterocycles. The molecule has 33 heavy (non-hydrogen) atoms. The Balaban J connectivity index is 1.32. The summed E-state index contributed by atoms with van der Waals surface area (Å²) in [6, 6.07) is 21.5. The fourth-order valence-electron chi connectivity index (χ4n) is 4.24. The minimum Gasteiger partial charge on any atom is -0.489 e. The van der Waals surface area contributed by atoms with Crippen molar-refractivity contribution in [2.24, 2.45) is 0 Å². The van der Waals surface area contributed by atoms with Crippen molar-refractivity contribution < 1.29 is 14.1 Å². The fourth-order valence-corrected chi connectivity index (χ4v) is 4.24. The number of fused-ring (bicyclic) bond motifs is 3. The van der Waals surface area contributed by atoms with Gasteiger partial charge in [-0.2, -0.15) is 0 Å².